The Hall–Kier alpha value is -1.46. The molecule has 0 radical (unpaired) electrons. The zero-order valence-electron chi connectivity index (χ0n) is 13.1. The summed E-state index contributed by atoms with van der Waals surface area (Å²) < 4.78 is 0. The average Bonchev–Trinajstić information content (AvgIpc) is 2.51. The largest absolute Gasteiger partial charge is 0.343 e. The molecule has 1 unspecified atom stereocenters. The van der Waals surface area contributed by atoms with E-state index >= 15 is 0 Å². The van der Waals surface area contributed by atoms with Crippen molar-refractivity contribution in [2.24, 2.45) is 0 Å². The van der Waals surface area contributed by atoms with Crippen LogP contribution in [0.3, 0.4) is 0 Å². The summed E-state index contributed by atoms with van der Waals surface area (Å²) in [4.78, 5) is 21.0. The van der Waals surface area contributed by atoms with Gasteiger partial charge in [-0.25, -0.2) is 0 Å². The average molecular weight is 290 g/mol. The van der Waals surface area contributed by atoms with Crippen molar-refractivity contribution in [3.63, 3.8) is 0 Å². The summed E-state index contributed by atoms with van der Waals surface area (Å²) in [5, 5.41) is 3.40. The molecule has 5 nitrogen and oxygen atoms in total. The van der Waals surface area contributed by atoms with Crippen LogP contribution in [-0.2, 0) is 11.3 Å². The number of amides is 1. The van der Waals surface area contributed by atoms with Gasteiger partial charge in [0.2, 0.25) is 5.91 Å². The first kappa shape index (κ1) is 15.9. The Morgan fingerprint density at radius 2 is 2.24 bits per heavy atom. The van der Waals surface area contributed by atoms with E-state index in [0.717, 1.165) is 45.0 Å². The van der Waals surface area contributed by atoms with E-state index in [1.807, 2.05) is 43.1 Å². The molecule has 0 spiro atoms. The van der Waals surface area contributed by atoms with Crippen LogP contribution in [0.4, 0.5) is 0 Å². The molecule has 0 aromatic carbocycles. The number of carbonyl (C=O) groups is 1. The van der Waals surface area contributed by atoms with Gasteiger partial charge in [-0.1, -0.05) is 6.07 Å². The number of hydrogen-bond acceptors (Lipinski definition) is 4. The summed E-state index contributed by atoms with van der Waals surface area (Å²) in [5.41, 5.74) is 1.07. The van der Waals surface area contributed by atoms with Crippen LogP contribution in [-0.4, -0.2) is 59.5 Å². The van der Waals surface area contributed by atoms with Gasteiger partial charge in [-0.3, -0.25) is 14.7 Å². The number of piperazine rings is 1. The minimum Gasteiger partial charge on any atom is -0.343 e. The Morgan fingerprint density at radius 1 is 1.43 bits per heavy atom. The third kappa shape index (κ3) is 4.51. The fourth-order valence-electron chi connectivity index (χ4n) is 2.82. The van der Waals surface area contributed by atoms with Crippen molar-refractivity contribution < 1.29 is 4.79 Å². The molecule has 1 atom stereocenters. The highest BCUT2D eigenvalue weighted by Crippen LogP contribution is 2.13. The molecule has 2 heterocycles. The molecule has 0 aliphatic carbocycles. The van der Waals surface area contributed by atoms with E-state index in [4.69, 9.17) is 0 Å². The first-order valence-electron chi connectivity index (χ1n) is 7.87. The lowest BCUT2D eigenvalue weighted by Crippen LogP contribution is -2.52. The highest BCUT2D eigenvalue weighted by atomic mass is 16.2. The van der Waals surface area contributed by atoms with Crippen LogP contribution in [0.1, 0.15) is 26.0 Å². The van der Waals surface area contributed by atoms with Crippen molar-refractivity contribution in [2.75, 3.05) is 32.7 Å². The number of nitrogens with one attached hydrogen (secondary N) is 1. The third-order valence-corrected chi connectivity index (χ3v) is 4.09. The van der Waals surface area contributed by atoms with Crippen LogP contribution in [0.5, 0.6) is 0 Å². The first-order chi connectivity index (χ1) is 10.2. The van der Waals surface area contributed by atoms with Crippen molar-refractivity contribution in [1.82, 2.24) is 20.1 Å². The van der Waals surface area contributed by atoms with Gasteiger partial charge in [-0.2, -0.15) is 0 Å². The molecule has 1 aromatic rings. The van der Waals surface area contributed by atoms with Crippen molar-refractivity contribution >= 4 is 5.91 Å². The normalized spacial score (nSPS) is 19.4. The number of carbonyl (C=O) groups excluding carboxylic acids is 1. The van der Waals surface area contributed by atoms with Gasteiger partial charge in [-0.05, 0) is 26.0 Å². The molecular weight excluding hydrogens is 264 g/mol. The molecule has 5 heteroatoms. The van der Waals surface area contributed by atoms with Crippen LogP contribution in [0.15, 0.2) is 24.4 Å². The monoisotopic (exact) mass is 290 g/mol. The van der Waals surface area contributed by atoms with Gasteiger partial charge >= 0.3 is 0 Å². The highest BCUT2D eigenvalue weighted by molar-refractivity contribution is 5.76. The highest BCUT2D eigenvalue weighted by Gasteiger charge is 2.26. The van der Waals surface area contributed by atoms with Crippen molar-refractivity contribution in [3.05, 3.63) is 30.1 Å². The SMILES string of the molecule is CCN(CC)C(=O)CC1CNCCN1Cc1ccccn1. The third-order valence-electron chi connectivity index (χ3n) is 4.09. The Balaban J connectivity index is 1.97. The fourth-order valence-corrected chi connectivity index (χ4v) is 2.82. The molecule has 1 amide bonds. The first-order valence-corrected chi connectivity index (χ1v) is 7.87. The van der Waals surface area contributed by atoms with E-state index in [1.54, 1.807) is 0 Å². The second-order valence-electron chi connectivity index (χ2n) is 5.42. The van der Waals surface area contributed by atoms with Crippen LogP contribution >= 0.6 is 0 Å². The van der Waals surface area contributed by atoms with Crippen molar-refractivity contribution in [2.45, 2.75) is 32.9 Å². The summed E-state index contributed by atoms with van der Waals surface area (Å²) in [6, 6.07) is 6.25. The minimum absolute atomic E-state index is 0.250. The molecule has 0 bridgehead atoms. The lowest BCUT2D eigenvalue weighted by molar-refractivity contribution is -0.132. The quantitative estimate of drug-likeness (QED) is 0.853. The Bertz CT molecular complexity index is 433. The van der Waals surface area contributed by atoms with E-state index in [-0.39, 0.29) is 11.9 Å². The molecule has 2 rings (SSSR count). The molecule has 1 aliphatic heterocycles. The van der Waals surface area contributed by atoms with E-state index in [9.17, 15) is 4.79 Å². The summed E-state index contributed by atoms with van der Waals surface area (Å²) in [6.07, 6.45) is 2.41. The smallest absolute Gasteiger partial charge is 0.224 e. The Kier molecular flexibility index (Phi) is 6.14. The number of aromatic nitrogens is 1. The lowest BCUT2D eigenvalue weighted by atomic mass is 10.1. The van der Waals surface area contributed by atoms with Gasteiger partial charge in [0, 0.05) is 57.9 Å². The van der Waals surface area contributed by atoms with E-state index in [2.05, 4.69) is 15.2 Å². The molecule has 1 saturated heterocycles. The number of hydrogen-bond donors (Lipinski definition) is 1. The zero-order valence-corrected chi connectivity index (χ0v) is 13.1. The summed E-state index contributed by atoms with van der Waals surface area (Å²) >= 11 is 0. The molecular formula is C16H26N4O. The van der Waals surface area contributed by atoms with Crippen LogP contribution in [0.25, 0.3) is 0 Å². The number of pyridine rings is 1. The molecule has 1 fully saturated rings. The number of rotatable bonds is 6. The zero-order chi connectivity index (χ0) is 15.1. The maximum Gasteiger partial charge on any atom is 0.224 e. The fraction of sp³-hybridized carbons (Fsp3) is 0.625. The Labute approximate surface area is 127 Å². The second-order valence-corrected chi connectivity index (χ2v) is 5.42. The predicted octanol–water partition coefficient (Wildman–Crippen LogP) is 1.11. The molecule has 116 valence electrons. The maximum atomic E-state index is 12.3. The maximum absolute atomic E-state index is 12.3. The van der Waals surface area contributed by atoms with Crippen LogP contribution in [0.2, 0.25) is 0 Å². The summed E-state index contributed by atoms with van der Waals surface area (Å²) in [6.45, 7) is 9.28. The van der Waals surface area contributed by atoms with E-state index in [1.165, 1.54) is 0 Å². The number of nitrogens with zero attached hydrogens (tertiary/aromatic N) is 3. The second kappa shape index (κ2) is 8.10. The van der Waals surface area contributed by atoms with Gasteiger partial charge in [-0.15, -0.1) is 0 Å². The topological polar surface area (TPSA) is 48.5 Å². The Morgan fingerprint density at radius 3 is 2.90 bits per heavy atom. The van der Waals surface area contributed by atoms with E-state index < -0.39 is 0 Å². The van der Waals surface area contributed by atoms with Gasteiger partial charge in [0.25, 0.3) is 0 Å². The lowest BCUT2D eigenvalue weighted by Gasteiger charge is -2.36. The minimum atomic E-state index is 0.250. The molecule has 1 aromatic heterocycles. The molecule has 1 aliphatic rings. The van der Waals surface area contributed by atoms with Crippen molar-refractivity contribution in [3.8, 4) is 0 Å². The predicted molar refractivity (Wildman–Crippen MR) is 83.8 cm³/mol. The summed E-state index contributed by atoms with van der Waals surface area (Å²) in [5.74, 6) is 0.250. The van der Waals surface area contributed by atoms with Crippen LogP contribution in [0, 0.1) is 0 Å². The standard InChI is InChI=1S/C16H26N4O/c1-3-19(4-2)16(21)11-15-12-17-9-10-20(15)13-14-7-5-6-8-18-14/h5-8,15,17H,3-4,9-13H2,1-2H3. The van der Waals surface area contributed by atoms with Crippen molar-refractivity contribution in [1.29, 1.82) is 0 Å². The van der Waals surface area contributed by atoms with Gasteiger partial charge < -0.3 is 10.2 Å². The molecule has 1 N–H and O–H groups in total. The van der Waals surface area contributed by atoms with Gasteiger partial charge in [0.05, 0.1) is 5.69 Å². The van der Waals surface area contributed by atoms with Gasteiger partial charge in [0.1, 0.15) is 0 Å². The summed E-state index contributed by atoms with van der Waals surface area (Å²) in [7, 11) is 0. The molecule has 0 saturated carbocycles. The molecule has 21 heavy (non-hydrogen) atoms. The van der Waals surface area contributed by atoms with Gasteiger partial charge in [0.15, 0.2) is 0 Å². The van der Waals surface area contributed by atoms with Crippen LogP contribution < -0.4 is 5.32 Å². The van der Waals surface area contributed by atoms with E-state index in [0.29, 0.717) is 6.42 Å².